The van der Waals surface area contributed by atoms with Crippen LogP contribution in [0.3, 0.4) is 0 Å². The minimum Gasteiger partial charge on any atom is -0.480 e. The highest BCUT2D eigenvalue weighted by Crippen LogP contribution is 2.38. The van der Waals surface area contributed by atoms with Gasteiger partial charge in [-0.1, -0.05) is 12.1 Å². The van der Waals surface area contributed by atoms with Crippen LogP contribution in [0.15, 0.2) is 30.3 Å². The number of anilines is 1. The summed E-state index contributed by atoms with van der Waals surface area (Å²) in [6.07, 6.45) is 0. The summed E-state index contributed by atoms with van der Waals surface area (Å²) < 4.78 is 18.7. The molecule has 0 radical (unpaired) electrons. The van der Waals surface area contributed by atoms with E-state index in [0.717, 1.165) is 5.56 Å². The number of benzene rings is 1. The lowest BCUT2D eigenvalue weighted by molar-refractivity contribution is -0.143. The quantitative estimate of drug-likeness (QED) is 0.457. The molecule has 1 aromatic heterocycles. The molecule has 10 nitrogen and oxygen atoms in total. The molecule has 3 atom stereocenters. The number of ketones is 1. The van der Waals surface area contributed by atoms with Crippen LogP contribution in [0.25, 0.3) is 0 Å². The fourth-order valence-corrected chi connectivity index (χ4v) is 4.95. The fourth-order valence-electron chi connectivity index (χ4n) is 4.95. The zero-order valence-electron chi connectivity index (χ0n) is 21.8. The second-order valence-electron chi connectivity index (χ2n) is 9.94. The molecule has 37 heavy (non-hydrogen) atoms. The number of methoxy groups -OCH3 is 1. The Morgan fingerprint density at radius 2 is 1.78 bits per heavy atom. The van der Waals surface area contributed by atoms with Crippen molar-refractivity contribution in [2.24, 2.45) is 5.84 Å². The Morgan fingerprint density at radius 1 is 1.11 bits per heavy atom. The first kappa shape index (κ1) is 26.5. The summed E-state index contributed by atoms with van der Waals surface area (Å²) in [5.41, 5.74) is 1.65. The summed E-state index contributed by atoms with van der Waals surface area (Å²) in [7, 11) is 4.44. The maximum atomic E-state index is 13.8. The second-order valence-corrected chi connectivity index (χ2v) is 9.94. The van der Waals surface area contributed by atoms with Crippen LogP contribution >= 0.6 is 0 Å². The van der Waals surface area contributed by atoms with Crippen molar-refractivity contribution in [2.45, 2.75) is 38.4 Å². The van der Waals surface area contributed by atoms with E-state index in [1.807, 2.05) is 13.8 Å². The highest BCUT2D eigenvalue weighted by molar-refractivity contribution is 6.38. The summed E-state index contributed by atoms with van der Waals surface area (Å²) >= 11 is 0. The van der Waals surface area contributed by atoms with Crippen LogP contribution in [0.5, 0.6) is 5.88 Å². The molecule has 11 heteroatoms. The van der Waals surface area contributed by atoms with Crippen molar-refractivity contribution in [1.29, 1.82) is 0 Å². The van der Waals surface area contributed by atoms with Gasteiger partial charge in [-0.25, -0.2) is 10.2 Å². The smallest absolute Gasteiger partial charge is 0.290 e. The van der Waals surface area contributed by atoms with Gasteiger partial charge in [0.05, 0.1) is 19.6 Å². The number of hydrogen-bond acceptors (Lipinski definition) is 8. The Kier molecular flexibility index (Phi) is 7.47. The number of nitrogens with two attached hydrogens (primary N) is 1. The van der Waals surface area contributed by atoms with Gasteiger partial charge in [0.2, 0.25) is 11.7 Å². The molecule has 198 valence electrons. The molecule has 2 aliphatic rings. The van der Waals surface area contributed by atoms with Crippen molar-refractivity contribution >= 4 is 23.4 Å². The molecule has 0 spiro atoms. The zero-order chi connectivity index (χ0) is 27.0. The molecular weight excluding hydrogens is 479 g/mol. The molecule has 1 saturated heterocycles. The Bertz CT molecular complexity index is 1200. The van der Waals surface area contributed by atoms with Gasteiger partial charge in [-0.05, 0) is 37.6 Å². The summed E-state index contributed by atoms with van der Waals surface area (Å²) in [6, 6.07) is 7.94. The minimum atomic E-state index is -0.830. The number of carbonyl (C=O) groups excluding carboxylic acids is 3. The average molecular weight is 513 g/mol. The average Bonchev–Trinajstić information content (AvgIpc) is 3.20. The molecule has 1 aromatic carbocycles. The molecule has 2 aromatic rings. The third-order valence-electron chi connectivity index (χ3n) is 7.05. The highest BCUT2D eigenvalue weighted by atomic mass is 19.1. The third kappa shape index (κ3) is 5.14. The number of aromatic nitrogens is 1. The van der Waals surface area contributed by atoms with E-state index in [-0.39, 0.29) is 41.8 Å². The van der Waals surface area contributed by atoms with E-state index in [4.69, 9.17) is 10.6 Å². The Balaban J connectivity index is 1.58. The number of nitrogens with zero attached hydrogens (tertiary/aromatic N) is 5. The molecule has 0 saturated carbocycles. The first-order valence-electron chi connectivity index (χ1n) is 12.2. The lowest BCUT2D eigenvalue weighted by Gasteiger charge is -2.44. The molecule has 0 aliphatic carbocycles. The molecular formula is C26H33FN6O4. The van der Waals surface area contributed by atoms with Gasteiger partial charge >= 0.3 is 0 Å². The number of halogens is 1. The number of hydrogen-bond donors (Lipinski definition) is 1. The normalized spacial score (nSPS) is 21.5. The molecule has 2 aliphatic heterocycles. The number of ether oxygens (including phenoxy) is 1. The van der Waals surface area contributed by atoms with Gasteiger partial charge < -0.3 is 14.5 Å². The molecule has 2 amide bonds. The molecule has 1 unspecified atom stereocenters. The highest BCUT2D eigenvalue weighted by Gasteiger charge is 2.40. The van der Waals surface area contributed by atoms with E-state index in [2.05, 4.69) is 9.88 Å². The van der Waals surface area contributed by atoms with Crippen LogP contribution in [0, 0.1) is 5.82 Å². The van der Waals surface area contributed by atoms with E-state index >= 15 is 0 Å². The lowest BCUT2D eigenvalue weighted by Crippen LogP contribution is -2.57. The van der Waals surface area contributed by atoms with E-state index in [1.54, 1.807) is 23.1 Å². The van der Waals surface area contributed by atoms with Gasteiger partial charge in [-0.2, -0.15) is 4.98 Å². The number of pyridine rings is 1. The van der Waals surface area contributed by atoms with E-state index in [9.17, 15) is 18.8 Å². The first-order chi connectivity index (χ1) is 17.5. The Morgan fingerprint density at radius 3 is 2.41 bits per heavy atom. The molecule has 1 fully saturated rings. The van der Waals surface area contributed by atoms with Crippen LogP contribution in [0.2, 0.25) is 0 Å². The topological polar surface area (TPSA) is 112 Å². The van der Waals surface area contributed by atoms with Crippen LogP contribution in [-0.4, -0.2) is 90.2 Å². The van der Waals surface area contributed by atoms with Crippen LogP contribution in [-0.2, 0) is 16.1 Å². The second kappa shape index (κ2) is 10.4. The number of fused-ring (bicyclic) bond motifs is 1. The zero-order valence-corrected chi connectivity index (χ0v) is 21.8. The van der Waals surface area contributed by atoms with Crippen molar-refractivity contribution in [1.82, 2.24) is 19.7 Å². The third-order valence-corrected chi connectivity index (χ3v) is 7.05. The number of amides is 2. The van der Waals surface area contributed by atoms with Crippen LogP contribution in [0.4, 0.5) is 10.2 Å². The van der Waals surface area contributed by atoms with Gasteiger partial charge in [0.1, 0.15) is 11.4 Å². The maximum Gasteiger partial charge on any atom is 0.290 e. The molecule has 4 rings (SSSR count). The van der Waals surface area contributed by atoms with Gasteiger partial charge in [-0.15, -0.1) is 0 Å². The number of piperazine rings is 1. The summed E-state index contributed by atoms with van der Waals surface area (Å²) in [6.45, 7) is 5.83. The van der Waals surface area contributed by atoms with Crippen LogP contribution < -0.4 is 15.6 Å². The largest absolute Gasteiger partial charge is 0.480 e. The SMILES string of the molecule is COc1nc2c(cc1C(=O)N1C[C@H](C)N(Cc3ccc(F)cc3)C[C@H]1C)C(C(=O)C(=O)N(C)C)CN2N. The summed E-state index contributed by atoms with van der Waals surface area (Å²) in [5.74, 6) is 3.88. The number of rotatable bonds is 6. The number of carbonyl (C=O) groups is 3. The van der Waals surface area contributed by atoms with E-state index in [0.29, 0.717) is 31.0 Å². The van der Waals surface area contributed by atoms with Crippen molar-refractivity contribution in [3.8, 4) is 5.88 Å². The van der Waals surface area contributed by atoms with Crippen molar-refractivity contribution in [3.05, 3.63) is 52.8 Å². The molecule has 2 N–H and O–H groups in total. The first-order valence-corrected chi connectivity index (χ1v) is 12.2. The van der Waals surface area contributed by atoms with Gasteiger partial charge in [0.15, 0.2) is 5.82 Å². The van der Waals surface area contributed by atoms with Gasteiger partial charge in [0, 0.05) is 51.4 Å². The predicted octanol–water partition coefficient (Wildman–Crippen LogP) is 1.40. The minimum absolute atomic E-state index is 0.0464. The van der Waals surface area contributed by atoms with Crippen molar-refractivity contribution in [3.63, 3.8) is 0 Å². The van der Waals surface area contributed by atoms with E-state index in [1.165, 1.54) is 43.2 Å². The van der Waals surface area contributed by atoms with Gasteiger partial charge in [-0.3, -0.25) is 24.3 Å². The van der Waals surface area contributed by atoms with Crippen molar-refractivity contribution in [2.75, 3.05) is 45.8 Å². The maximum absolute atomic E-state index is 13.8. The lowest BCUT2D eigenvalue weighted by atomic mass is 9.95. The fraction of sp³-hybridized carbons (Fsp3) is 0.462. The predicted molar refractivity (Wildman–Crippen MR) is 136 cm³/mol. The molecule has 0 bridgehead atoms. The van der Waals surface area contributed by atoms with E-state index < -0.39 is 17.6 Å². The van der Waals surface area contributed by atoms with Crippen molar-refractivity contribution < 1.29 is 23.5 Å². The Labute approximate surface area is 215 Å². The number of hydrazine groups is 1. The monoisotopic (exact) mass is 512 g/mol. The van der Waals surface area contributed by atoms with Gasteiger partial charge in [0.25, 0.3) is 11.8 Å². The molecule has 3 heterocycles. The number of likely N-dealkylation sites (N-methyl/N-ethyl adjacent to an activating group) is 1. The standard InChI is InChI=1S/C26H33FN6O4/c1-15-12-32(16(2)11-31(15)13-17-6-8-18(27)9-7-17)25(35)20-10-19-21(22(34)26(36)30(3)4)14-33(28)23(19)29-24(20)37-5/h6-10,15-16,21H,11-14,28H2,1-5H3/t15-,16+,21?/m0/s1. The Hall–Kier alpha value is -3.57. The summed E-state index contributed by atoms with van der Waals surface area (Å²) in [4.78, 5) is 48.7. The summed E-state index contributed by atoms with van der Waals surface area (Å²) in [5, 5.41) is 1.30. The van der Waals surface area contributed by atoms with Crippen LogP contribution in [0.1, 0.15) is 41.3 Å². The number of Topliss-reactive ketones (excluding diaryl/α,β-unsaturated/α-hetero) is 1.